The summed E-state index contributed by atoms with van der Waals surface area (Å²) in [6.07, 6.45) is 0. The van der Waals surface area contributed by atoms with Crippen LogP contribution in [0.4, 0.5) is 0 Å². The summed E-state index contributed by atoms with van der Waals surface area (Å²) in [6, 6.07) is 17.7. The second-order valence-corrected chi connectivity index (χ2v) is 33.5. The molecule has 0 atom stereocenters. The summed E-state index contributed by atoms with van der Waals surface area (Å²) < 4.78 is 4.88. The minimum atomic E-state index is -1.57. The molecule has 1 nitrogen and oxygen atoms in total. The van der Waals surface area contributed by atoms with E-state index in [0.717, 1.165) is 0 Å². The number of hydrogen-bond donors (Lipinski definition) is 0. The molecule has 3 rings (SSSR count). The van der Waals surface area contributed by atoms with Gasteiger partial charge in [0.1, 0.15) is 0 Å². The normalized spacial score (nSPS) is 13.2. The number of hydrogen-bond acceptors (Lipinski definition) is 1. The predicted molar refractivity (Wildman–Crippen MR) is 216 cm³/mol. The molecule has 3 aromatic carbocycles. The topological polar surface area (TPSA) is 3.24 Å². The number of nitrogens with zero attached hydrogens (tertiary/aromatic N) is 1. The van der Waals surface area contributed by atoms with Gasteiger partial charge in [0.15, 0.2) is 0 Å². The molecule has 0 bridgehead atoms. The molecule has 2 radical (unpaired) electrons. The Labute approximate surface area is 298 Å². The molecule has 0 aliphatic heterocycles. The Morgan fingerprint density at radius 1 is 0.457 bits per heavy atom. The first-order chi connectivity index (χ1) is 21.1. The van der Waals surface area contributed by atoms with Gasteiger partial charge in [0.2, 0.25) is 0 Å². The van der Waals surface area contributed by atoms with Gasteiger partial charge in [-0.05, 0) is 0 Å². The first kappa shape index (κ1) is 39.3. The molecule has 0 aliphatic carbocycles. The van der Waals surface area contributed by atoms with Crippen LogP contribution in [-0.4, -0.2) is 40.3 Å². The van der Waals surface area contributed by atoms with Crippen LogP contribution >= 0.6 is 0 Å². The summed E-state index contributed by atoms with van der Waals surface area (Å²) in [5.41, 5.74) is 15.2. The van der Waals surface area contributed by atoms with Crippen LogP contribution in [0.15, 0.2) is 42.5 Å². The van der Waals surface area contributed by atoms with Crippen LogP contribution in [-0.2, 0) is 0 Å². The van der Waals surface area contributed by atoms with Crippen LogP contribution in [0.2, 0.25) is 39.3 Å². The third-order valence-corrected chi connectivity index (χ3v) is 31.9. The van der Waals surface area contributed by atoms with E-state index in [1.807, 2.05) is 0 Å². The Morgan fingerprint density at radius 2 is 0.739 bits per heavy atom. The van der Waals surface area contributed by atoms with E-state index in [2.05, 4.69) is 167 Å². The van der Waals surface area contributed by atoms with Gasteiger partial charge in [-0.3, -0.25) is 0 Å². The van der Waals surface area contributed by atoms with Crippen LogP contribution in [0.25, 0.3) is 22.3 Å². The number of rotatable bonds is 12. The fourth-order valence-electron chi connectivity index (χ4n) is 7.08. The van der Waals surface area contributed by atoms with E-state index in [1.165, 1.54) is 55.6 Å². The number of benzene rings is 3. The van der Waals surface area contributed by atoms with Crippen LogP contribution in [0.1, 0.15) is 152 Å². The average molecular weight is 761 g/mol. The average Bonchev–Trinajstić information content (AvgIpc) is 2.92. The Bertz CT molecular complexity index is 1330. The molecule has 46 heavy (non-hydrogen) atoms. The molecule has 0 spiro atoms. The summed E-state index contributed by atoms with van der Waals surface area (Å²) in [4.78, 5) is 0. The second-order valence-electron chi connectivity index (χ2n) is 17.6. The van der Waals surface area contributed by atoms with Gasteiger partial charge in [-0.1, -0.05) is 0 Å². The molecule has 0 N–H and O–H groups in total. The Balaban J connectivity index is 2.66. The maximum atomic E-state index is 3.17. The third-order valence-electron chi connectivity index (χ3n) is 9.43. The van der Waals surface area contributed by atoms with Crippen molar-refractivity contribution in [1.82, 2.24) is 2.45 Å². The Kier molecular flexibility index (Phi) is 13.0. The van der Waals surface area contributed by atoms with Gasteiger partial charge in [-0.15, -0.1) is 0 Å². The molecule has 0 aliphatic rings. The van der Waals surface area contributed by atoms with Gasteiger partial charge in [-0.25, -0.2) is 0 Å². The molecule has 252 valence electrons. The summed E-state index contributed by atoms with van der Waals surface area (Å²) in [5, 5.41) is 0. The molecule has 0 saturated heterocycles. The van der Waals surface area contributed by atoms with Crippen molar-refractivity contribution in [2.75, 3.05) is 0 Å². The van der Waals surface area contributed by atoms with E-state index in [4.69, 9.17) is 0 Å². The minimum absolute atomic E-state index is 0.459. The van der Waals surface area contributed by atoms with E-state index >= 15 is 0 Å². The molecule has 0 aromatic heterocycles. The molecular formula is C42H67NSi2Sn. The summed E-state index contributed by atoms with van der Waals surface area (Å²) in [6.45, 7) is 44.3. The van der Waals surface area contributed by atoms with E-state index in [9.17, 15) is 0 Å². The fraction of sp³-hybridized carbons (Fsp3) is 0.571. The zero-order chi connectivity index (χ0) is 35.0. The van der Waals surface area contributed by atoms with Crippen LogP contribution in [0.5, 0.6) is 0 Å². The Morgan fingerprint density at radius 3 is 0.957 bits per heavy atom. The molecule has 4 heteroatoms. The van der Waals surface area contributed by atoms with Crippen LogP contribution in [0, 0.1) is 0 Å². The third kappa shape index (κ3) is 8.71. The van der Waals surface area contributed by atoms with E-state index in [-0.39, 0.29) is 0 Å². The first-order valence-electron chi connectivity index (χ1n) is 18.1. The zero-order valence-electron chi connectivity index (χ0n) is 33.0. The van der Waals surface area contributed by atoms with Crippen molar-refractivity contribution >= 4 is 41.5 Å². The summed E-state index contributed by atoms with van der Waals surface area (Å²) >= 11 is -1.22. The standard InChI is InChI=1S/C36H49.C6H18NSi2.Sn/c1-21(2)29-17-31(23(5)6)35(32(18-29)24(7)8)27-14-13-15-28(16-27)36-33(25(9)10)19-30(22(3)4)20-34(36)26(11)12;1-8(2,3)7-9(4,5)6;/h13-15,17-26H,1-12H3;1-6H3;/q;-1;+1. The van der Waals surface area contributed by atoms with Gasteiger partial charge in [0.05, 0.1) is 0 Å². The van der Waals surface area contributed by atoms with Crippen molar-refractivity contribution in [3.63, 3.8) is 0 Å². The second kappa shape index (κ2) is 15.2. The Hall–Kier alpha value is -1.15. The maximum absolute atomic E-state index is 3.17. The molecule has 0 heterocycles. The van der Waals surface area contributed by atoms with Crippen LogP contribution in [0.3, 0.4) is 0 Å². The quantitative estimate of drug-likeness (QED) is 0.166. The van der Waals surface area contributed by atoms with E-state index in [1.54, 1.807) is 3.58 Å². The van der Waals surface area contributed by atoms with Crippen molar-refractivity contribution in [2.45, 2.75) is 158 Å². The van der Waals surface area contributed by atoms with E-state index in [0.29, 0.717) is 35.5 Å². The molecule has 0 fully saturated rings. The molecular weight excluding hydrogens is 693 g/mol. The summed E-state index contributed by atoms with van der Waals surface area (Å²) in [7, 11) is -3.14. The van der Waals surface area contributed by atoms with Gasteiger partial charge in [0, 0.05) is 0 Å². The van der Waals surface area contributed by atoms with Gasteiger partial charge >= 0.3 is 300 Å². The van der Waals surface area contributed by atoms with Gasteiger partial charge < -0.3 is 0 Å². The zero-order valence-corrected chi connectivity index (χ0v) is 37.8. The summed E-state index contributed by atoms with van der Waals surface area (Å²) in [5.74, 6) is 2.87. The van der Waals surface area contributed by atoms with Crippen molar-refractivity contribution in [2.24, 2.45) is 0 Å². The van der Waals surface area contributed by atoms with Crippen molar-refractivity contribution in [3.8, 4) is 22.3 Å². The molecule has 0 saturated carbocycles. The van der Waals surface area contributed by atoms with Crippen molar-refractivity contribution < 1.29 is 0 Å². The van der Waals surface area contributed by atoms with Gasteiger partial charge in [-0.2, -0.15) is 0 Å². The van der Waals surface area contributed by atoms with Crippen LogP contribution < -0.4 is 3.58 Å². The van der Waals surface area contributed by atoms with E-state index < -0.39 is 37.9 Å². The molecule has 0 unspecified atom stereocenters. The van der Waals surface area contributed by atoms with Crippen molar-refractivity contribution in [1.29, 1.82) is 0 Å². The fourth-order valence-corrected chi connectivity index (χ4v) is 25.6. The SMILES string of the molecule is CC(C)c1cc(C(C)C)c(-c2cccc(-c3c(C(C)C)cc(C(C)C)cc3C(C)C)[c]2[Sn][N]([Si](C)(C)C)[Si](C)(C)C)c(C(C)C)c1. The van der Waals surface area contributed by atoms with Crippen molar-refractivity contribution in [3.05, 3.63) is 75.8 Å². The monoisotopic (exact) mass is 761 g/mol. The first-order valence-corrected chi connectivity index (χ1v) is 27.7. The molecule has 0 amide bonds. The van der Waals surface area contributed by atoms with Gasteiger partial charge in [0.25, 0.3) is 0 Å². The predicted octanol–water partition coefficient (Wildman–Crippen LogP) is 13.0. The molecule has 3 aromatic rings.